The van der Waals surface area contributed by atoms with Crippen LogP contribution >= 0.6 is 15.9 Å². The lowest BCUT2D eigenvalue weighted by Gasteiger charge is -2.31. The Morgan fingerprint density at radius 2 is 2.06 bits per heavy atom. The van der Waals surface area contributed by atoms with Gasteiger partial charge in [-0.1, -0.05) is 19.3 Å². The summed E-state index contributed by atoms with van der Waals surface area (Å²) in [6.45, 7) is 1.01. The lowest BCUT2D eigenvalue weighted by atomic mass is 9.94. The largest absolute Gasteiger partial charge is 0.299 e. The molecule has 0 spiro atoms. The zero-order valence-corrected chi connectivity index (χ0v) is 11.4. The van der Waals surface area contributed by atoms with Crippen LogP contribution in [0.1, 0.15) is 37.7 Å². The van der Waals surface area contributed by atoms with Gasteiger partial charge in [-0.05, 0) is 47.4 Å². The van der Waals surface area contributed by atoms with Crippen LogP contribution in [0.15, 0.2) is 22.9 Å². The molecule has 1 aliphatic carbocycles. The molecule has 0 aromatic carbocycles. The van der Waals surface area contributed by atoms with E-state index in [0.717, 1.165) is 17.1 Å². The fourth-order valence-corrected chi connectivity index (χ4v) is 2.89. The first-order valence-electron chi connectivity index (χ1n) is 6.05. The molecule has 2 nitrogen and oxygen atoms in total. The predicted octanol–water partition coefficient (Wildman–Crippen LogP) is 3.61. The molecular formula is C13H19BrN2. The number of aromatic nitrogens is 1. The third-order valence-electron chi connectivity index (χ3n) is 3.39. The van der Waals surface area contributed by atoms with Crippen molar-refractivity contribution in [3.63, 3.8) is 0 Å². The number of rotatable bonds is 3. The molecule has 0 unspecified atom stereocenters. The summed E-state index contributed by atoms with van der Waals surface area (Å²) < 4.78 is 1.07. The number of hydrogen-bond acceptors (Lipinski definition) is 2. The maximum Gasteiger partial charge on any atom is 0.0410 e. The molecule has 0 bridgehead atoms. The molecule has 0 N–H and O–H groups in total. The predicted molar refractivity (Wildman–Crippen MR) is 70.3 cm³/mol. The van der Waals surface area contributed by atoms with Gasteiger partial charge in [0.1, 0.15) is 0 Å². The van der Waals surface area contributed by atoms with Crippen LogP contribution in [0, 0.1) is 0 Å². The molecule has 16 heavy (non-hydrogen) atoms. The standard InChI is InChI=1S/C13H19BrN2/c1-16(13-5-3-2-4-6-13)10-11-7-12(14)9-15-8-11/h7-9,13H,2-6,10H2,1H3. The summed E-state index contributed by atoms with van der Waals surface area (Å²) in [5.41, 5.74) is 1.29. The molecular weight excluding hydrogens is 264 g/mol. The quantitative estimate of drug-likeness (QED) is 0.842. The fraction of sp³-hybridized carbons (Fsp3) is 0.615. The van der Waals surface area contributed by atoms with Crippen molar-refractivity contribution in [2.75, 3.05) is 7.05 Å². The van der Waals surface area contributed by atoms with Crippen molar-refractivity contribution in [1.29, 1.82) is 0 Å². The monoisotopic (exact) mass is 282 g/mol. The normalized spacial score (nSPS) is 17.9. The van der Waals surface area contributed by atoms with E-state index in [9.17, 15) is 0 Å². The molecule has 0 aliphatic heterocycles. The summed E-state index contributed by atoms with van der Waals surface area (Å²) in [6.07, 6.45) is 10.7. The number of pyridine rings is 1. The highest BCUT2D eigenvalue weighted by molar-refractivity contribution is 9.10. The third-order valence-corrected chi connectivity index (χ3v) is 3.83. The first kappa shape index (κ1) is 12.1. The van der Waals surface area contributed by atoms with E-state index in [1.165, 1.54) is 37.7 Å². The maximum absolute atomic E-state index is 4.21. The van der Waals surface area contributed by atoms with Crippen LogP contribution in [-0.2, 0) is 6.54 Å². The summed E-state index contributed by atoms with van der Waals surface area (Å²) in [4.78, 5) is 6.68. The molecule has 1 fully saturated rings. The van der Waals surface area contributed by atoms with Gasteiger partial charge in [0.2, 0.25) is 0 Å². The van der Waals surface area contributed by atoms with E-state index < -0.39 is 0 Å². The molecule has 1 aromatic rings. The van der Waals surface area contributed by atoms with Crippen LogP contribution in [0.3, 0.4) is 0 Å². The molecule has 3 heteroatoms. The Morgan fingerprint density at radius 3 is 2.75 bits per heavy atom. The van der Waals surface area contributed by atoms with E-state index >= 15 is 0 Å². The van der Waals surface area contributed by atoms with Gasteiger partial charge >= 0.3 is 0 Å². The SMILES string of the molecule is CN(Cc1cncc(Br)c1)C1CCCCC1. The van der Waals surface area contributed by atoms with Gasteiger partial charge in [0.25, 0.3) is 0 Å². The number of nitrogens with zero attached hydrogens (tertiary/aromatic N) is 2. The molecule has 0 radical (unpaired) electrons. The average Bonchev–Trinajstić information content (AvgIpc) is 2.30. The summed E-state index contributed by atoms with van der Waals surface area (Å²) in [5, 5.41) is 0. The first-order chi connectivity index (χ1) is 7.75. The van der Waals surface area contributed by atoms with Gasteiger partial charge in [0.15, 0.2) is 0 Å². The Hall–Kier alpha value is -0.410. The molecule has 1 heterocycles. The van der Waals surface area contributed by atoms with E-state index in [-0.39, 0.29) is 0 Å². The zero-order valence-electron chi connectivity index (χ0n) is 9.82. The molecule has 1 saturated carbocycles. The van der Waals surface area contributed by atoms with Crippen molar-refractivity contribution >= 4 is 15.9 Å². The molecule has 0 amide bonds. The minimum Gasteiger partial charge on any atom is -0.299 e. The molecule has 1 aliphatic rings. The highest BCUT2D eigenvalue weighted by Crippen LogP contribution is 2.23. The Bertz CT molecular complexity index is 334. The van der Waals surface area contributed by atoms with Gasteiger partial charge in [-0.2, -0.15) is 0 Å². The van der Waals surface area contributed by atoms with Gasteiger partial charge in [0, 0.05) is 29.5 Å². The second-order valence-corrected chi connectivity index (χ2v) is 5.63. The van der Waals surface area contributed by atoms with Crippen molar-refractivity contribution < 1.29 is 0 Å². The molecule has 0 atom stereocenters. The van der Waals surface area contributed by atoms with E-state index in [2.05, 4.69) is 38.9 Å². The average molecular weight is 283 g/mol. The van der Waals surface area contributed by atoms with Gasteiger partial charge in [-0.3, -0.25) is 9.88 Å². The highest BCUT2D eigenvalue weighted by Gasteiger charge is 2.17. The van der Waals surface area contributed by atoms with Gasteiger partial charge in [0.05, 0.1) is 0 Å². The fourth-order valence-electron chi connectivity index (χ4n) is 2.48. The Morgan fingerprint density at radius 1 is 1.31 bits per heavy atom. The van der Waals surface area contributed by atoms with Crippen LogP contribution in [0.2, 0.25) is 0 Å². The molecule has 88 valence electrons. The van der Waals surface area contributed by atoms with Crippen molar-refractivity contribution in [3.05, 3.63) is 28.5 Å². The molecule has 0 saturated heterocycles. The maximum atomic E-state index is 4.21. The summed E-state index contributed by atoms with van der Waals surface area (Å²) in [6, 6.07) is 2.93. The van der Waals surface area contributed by atoms with E-state index in [1.807, 2.05) is 12.4 Å². The molecule has 2 rings (SSSR count). The van der Waals surface area contributed by atoms with Crippen molar-refractivity contribution in [2.45, 2.75) is 44.7 Å². The van der Waals surface area contributed by atoms with E-state index in [4.69, 9.17) is 0 Å². The van der Waals surface area contributed by atoms with E-state index in [0.29, 0.717) is 0 Å². The van der Waals surface area contributed by atoms with Crippen LogP contribution in [0.4, 0.5) is 0 Å². The Balaban J connectivity index is 1.93. The second kappa shape index (κ2) is 5.78. The lowest BCUT2D eigenvalue weighted by Crippen LogP contribution is -2.32. The van der Waals surface area contributed by atoms with Crippen molar-refractivity contribution in [1.82, 2.24) is 9.88 Å². The van der Waals surface area contributed by atoms with Gasteiger partial charge < -0.3 is 0 Å². The molecule has 1 aromatic heterocycles. The number of halogens is 1. The third kappa shape index (κ3) is 3.29. The second-order valence-electron chi connectivity index (χ2n) is 4.72. The van der Waals surface area contributed by atoms with Crippen LogP contribution in [0.5, 0.6) is 0 Å². The smallest absolute Gasteiger partial charge is 0.0410 e. The topological polar surface area (TPSA) is 16.1 Å². The van der Waals surface area contributed by atoms with Crippen LogP contribution < -0.4 is 0 Å². The first-order valence-corrected chi connectivity index (χ1v) is 6.84. The van der Waals surface area contributed by atoms with Gasteiger partial charge in [-0.25, -0.2) is 0 Å². The summed E-state index contributed by atoms with van der Waals surface area (Å²) >= 11 is 3.47. The summed E-state index contributed by atoms with van der Waals surface area (Å²) in [5.74, 6) is 0. The minimum absolute atomic E-state index is 0.771. The van der Waals surface area contributed by atoms with Crippen molar-refractivity contribution in [2.24, 2.45) is 0 Å². The van der Waals surface area contributed by atoms with Gasteiger partial charge in [-0.15, -0.1) is 0 Å². The summed E-state index contributed by atoms with van der Waals surface area (Å²) in [7, 11) is 2.23. The van der Waals surface area contributed by atoms with Crippen LogP contribution in [0.25, 0.3) is 0 Å². The Labute approximate surface area is 106 Å². The minimum atomic E-state index is 0.771. The lowest BCUT2D eigenvalue weighted by molar-refractivity contribution is 0.184. The van der Waals surface area contributed by atoms with E-state index in [1.54, 1.807) is 0 Å². The van der Waals surface area contributed by atoms with Crippen LogP contribution in [-0.4, -0.2) is 23.0 Å². The Kier molecular flexibility index (Phi) is 4.36. The zero-order chi connectivity index (χ0) is 11.4. The number of hydrogen-bond donors (Lipinski definition) is 0. The highest BCUT2D eigenvalue weighted by atomic mass is 79.9. The van der Waals surface area contributed by atoms with Crippen molar-refractivity contribution in [3.8, 4) is 0 Å².